The Morgan fingerprint density at radius 3 is 2.67 bits per heavy atom. The lowest BCUT2D eigenvalue weighted by Crippen LogP contribution is -2.01. The number of rotatable bonds is 2. The van der Waals surface area contributed by atoms with Crippen molar-refractivity contribution < 1.29 is 16.5 Å². The Labute approximate surface area is 68.4 Å². The molecule has 0 saturated carbocycles. The van der Waals surface area contributed by atoms with Gasteiger partial charge in [-0.05, 0) is 0 Å². The molecule has 1 heterocycles. The molecular formula is C5H5FN2O3S. The van der Waals surface area contributed by atoms with Gasteiger partial charge in [-0.1, -0.05) is 3.89 Å². The SMILES string of the molecule is Nc1cncc(OS(=O)(=O)F)c1. The molecule has 0 aliphatic heterocycles. The summed E-state index contributed by atoms with van der Waals surface area (Å²) in [6.07, 6.45) is 2.31. The van der Waals surface area contributed by atoms with Gasteiger partial charge in [0.05, 0.1) is 18.1 Å². The molecule has 1 rings (SSSR count). The maximum absolute atomic E-state index is 11.9. The molecular weight excluding hydrogens is 187 g/mol. The molecule has 0 atom stereocenters. The Morgan fingerprint density at radius 2 is 2.17 bits per heavy atom. The fraction of sp³-hybridized carbons (Fsp3) is 0. The van der Waals surface area contributed by atoms with E-state index in [1.807, 2.05) is 0 Å². The Hall–Kier alpha value is -1.37. The topological polar surface area (TPSA) is 82.3 Å². The minimum atomic E-state index is -4.99. The number of halogens is 1. The van der Waals surface area contributed by atoms with Gasteiger partial charge in [0, 0.05) is 6.07 Å². The van der Waals surface area contributed by atoms with Crippen molar-refractivity contribution in [1.29, 1.82) is 0 Å². The Morgan fingerprint density at radius 1 is 1.50 bits per heavy atom. The smallest absolute Gasteiger partial charge is 0.397 e. The van der Waals surface area contributed by atoms with Gasteiger partial charge in [-0.25, -0.2) is 0 Å². The number of pyridine rings is 1. The highest BCUT2D eigenvalue weighted by atomic mass is 32.3. The van der Waals surface area contributed by atoms with E-state index in [-0.39, 0.29) is 11.4 Å². The van der Waals surface area contributed by atoms with Crippen LogP contribution in [0, 0.1) is 0 Å². The van der Waals surface area contributed by atoms with Crippen LogP contribution < -0.4 is 9.92 Å². The molecule has 0 spiro atoms. The van der Waals surface area contributed by atoms with Gasteiger partial charge in [0.2, 0.25) is 0 Å². The second-order valence-electron chi connectivity index (χ2n) is 1.93. The van der Waals surface area contributed by atoms with Crippen molar-refractivity contribution in [2.24, 2.45) is 0 Å². The molecule has 0 amide bonds. The van der Waals surface area contributed by atoms with Crippen molar-refractivity contribution in [3.63, 3.8) is 0 Å². The Bertz CT molecular complexity index is 378. The molecule has 0 aliphatic carbocycles. The third-order valence-corrected chi connectivity index (χ3v) is 1.32. The van der Waals surface area contributed by atoms with Crippen LogP contribution in [0.15, 0.2) is 18.5 Å². The quantitative estimate of drug-likeness (QED) is 0.679. The average Bonchev–Trinajstić information content (AvgIpc) is 1.82. The summed E-state index contributed by atoms with van der Waals surface area (Å²) in [6.45, 7) is 0. The van der Waals surface area contributed by atoms with Crippen molar-refractivity contribution >= 4 is 16.2 Å². The highest BCUT2D eigenvalue weighted by Crippen LogP contribution is 2.14. The predicted molar refractivity (Wildman–Crippen MR) is 39.3 cm³/mol. The standard InChI is InChI=1S/C5H5FN2O3S/c6-12(9,10)11-5-1-4(7)2-8-3-5/h1-3H,7H2. The molecule has 0 bridgehead atoms. The van der Waals surface area contributed by atoms with E-state index in [0.717, 1.165) is 12.3 Å². The zero-order valence-corrected chi connectivity index (χ0v) is 6.58. The molecule has 0 saturated heterocycles. The molecule has 0 radical (unpaired) electrons. The maximum Gasteiger partial charge on any atom is 0.488 e. The van der Waals surface area contributed by atoms with E-state index in [9.17, 15) is 12.3 Å². The van der Waals surface area contributed by atoms with Gasteiger partial charge in [0.1, 0.15) is 0 Å². The number of hydrogen-bond acceptors (Lipinski definition) is 5. The second kappa shape index (κ2) is 2.94. The molecule has 66 valence electrons. The van der Waals surface area contributed by atoms with E-state index in [1.54, 1.807) is 0 Å². The zero-order chi connectivity index (χ0) is 9.19. The average molecular weight is 192 g/mol. The van der Waals surface area contributed by atoms with Crippen LogP contribution >= 0.6 is 0 Å². The molecule has 12 heavy (non-hydrogen) atoms. The molecule has 0 unspecified atom stereocenters. The van der Waals surface area contributed by atoms with E-state index < -0.39 is 10.5 Å². The van der Waals surface area contributed by atoms with Gasteiger partial charge in [0.25, 0.3) is 0 Å². The van der Waals surface area contributed by atoms with Crippen LogP contribution in [0.2, 0.25) is 0 Å². The summed E-state index contributed by atoms with van der Waals surface area (Å²) in [7, 11) is -4.99. The number of anilines is 1. The van der Waals surface area contributed by atoms with E-state index in [4.69, 9.17) is 5.73 Å². The molecule has 5 nitrogen and oxygen atoms in total. The summed E-state index contributed by atoms with van der Waals surface area (Å²) in [5.41, 5.74) is 5.41. The lowest BCUT2D eigenvalue weighted by atomic mass is 10.4. The number of nitrogens with zero attached hydrogens (tertiary/aromatic N) is 1. The molecule has 0 fully saturated rings. The minimum absolute atomic E-state index is 0.191. The Kier molecular flexibility index (Phi) is 2.13. The number of nitrogens with two attached hydrogens (primary N) is 1. The normalized spacial score (nSPS) is 11.1. The van der Waals surface area contributed by atoms with Gasteiger partial charge in [-0.15, -0.1) is 0 Å². The summed E-state index contributed by atoms with van der Waals surface area (Å²) in [4.78, 5) is 3.49. The number of aromatic nitrogens is 1. The van der Waals surface area contributed by atoms with Crippen molar-refractivity contribution in [1.82, 2.24) is 4.98 Å². The molecule has 0 aliphatic rings. The van der Waals surface area contributed by atoms with Gasteiger partial charge >= 0.3 is 10.5 Å². The number of hydrogen-bond donors (Lipinski definition) is 1. The summed E-state index contributed by atoms with van der Waals surface area (Å²) < 4.78 is 35.6. The third-order valence-electron chi connectivity index (χ3n) is 0.930. The van der Waals surface area contributed by atoms with Gasteiger partial charge in [0.15, 0.2) is 5.75 Å². The van der Waals surface area contributed by atoms with E-state index in [0.29, 0.717) is 0 Å². The second-order valence-corrected chi connectivity index (χ2v) is 2.88. The highest BCUT2D eigenvalue weighted by molar-refractivity contribution is 7.81. The first-order valence-corrected chi connectivity index (χ1v) is 4.13. The van der Waals surface area contributed by atoms with Crippen molar-refractivity contribution in [2.75, 3.05) is 5.73 Å². The Balaban J connectivity index is 2.91. The molecule has 1 aromatic heterocycles. The van der Waals surface area contributed by atoms with Crippen molar-refractivity contribution in [2.45, 2.75) is 0 Å². The van der Waals surface area contributed by atoms with Gasteiger partial charge in [-0.3, -0.25) is 4.98 Å². The summed E-state index contributed by atoms with van der Waals surface area (Å²) in [5, 5.41) is 0. The van der Waals surface area contributed by atoms with E-state index in [1.165, 1.54) is 6.20 Å². The summed E-state index contributed by atoms with van der Waals surface area (Å²) >= 11 is 0. The van der Waals surface area contributed by atoms with Crippen molar-refractivity contribution in [3.05, 3.63) is 18.5 Å². The molecule has 1 aromatic rings. The molecule has 7 heteroatoms. The maximum atomic E-state index is 11.9. The summed E-state index contributed by atoms with van der Waals surface area (Å²) in [5.74, 6) is -0.252. The fourth-order valence-corrected chi connectivity index (χ4v) is 0.917. The lowest BCUT2D eigenvalue weighted by molar-refractivity contribution is 0.439. The third kappa shape index (κ3) is 2.70. The first-order valence-electron chi connectivity index (χ1n) is 2.82. The van der Waals surface area contributed by atoms with Crippen LogP contribution in [0.3, 0.4) is 0 Å². The van der Waals surface area contributed by atoms with Crippen LogP contribution in [-0.4, -0.2) is 13.4 Å². The van der Waals surface area contributed by atoms with Crippen LogP contribution in [0.5, 0.6) is 5.75 Å². The van der Waals surface area contributed by atoms with Gasteiger partial charge < -0.3 is 9.92 Å². The zero-order valence-electron chi connectivity index (χ0n) is 5.77. The van der Waals surface area contributed by atoms with Crippen LogP contribution in [0.1, 0.15) is 0 Å². The van der Waals surface area contributed by atoms with Crippen LogP contribution in [-0.2, 0) is 10.5 Å². The van der Waals surface area contributed by atoms with Crippen LogP contribution in [0.4, 0.5) is 9.57 Å². The first-order chi connectivity index (χ1) is 5.47. The first kappa shape index (κ1) is 8.72. The molecule has 0 aromatic carbocycles. The van der Waals surface area contributed by atoms with E-state index >= 15 is 0 Å². The summed E-state index contributed by atoms with van der Waals surface area (Å²) in [6, 6.07) is 1.14. The fourth-order valence-electron chi connectivity index (χ4n) is 0.596. The lowest BCUT2D eigenvalue weighted by Gasteiger charge is -1.98. The van der Waals surface area contributed by atoms with Crippen molar-refractivity contribution in [3.8, 4) is 5.75 Å². The monoisotopic (exact) mass is 192 g/mol. The predicted octanol–water partition coefficient (Wildman–Crippen LogP) is 0.257. The van der Waals surface area contributed by atoms with E-state index in [2.05, 4.69) is 9.17 Å². The highest BCUT2D eigenvalue weighted by Gasteiger charge is 2.09. The van der Waals surface area contributed by atoms with Crippen LogP contribution in [0.25, 0.3) is 0 Å². The number of nitrogen functional groups attached to an aromatic ring is 1. The largest absolute Gasteiger partial charge is 0.488 e. The minimum Gasteiger partial charge on any atom is -0.397 e. The van der Waals surface area contributed by atoms with Gasteiger partial charge in [-0.2, -0.15) is 8.42 Å². The molecule has 2 N–H and O–H groups in total.